The topological polar surface area (TPSA) is 87.4 Å². The van der Waals surface area contributed by atoms with Crippen LogP contribution in [0.1, 0.15) is 28.6 Å². The van der Waals surface area contributed by atoms with E-state index < -0.39 is 17.9 Å². The molecular weight excluding hydrogens is 433 g/mol. The van der Waals surface area contributed by atoms with E-state index in [1.165, 1.54) is 13.0 Å². The lowest BCUT2D eigenvalue weighted by Gasteiger charge is -2.33. The second-order valence-corrected chi connectivity index (χ2v) is 8.24. The van der Waals surface area contributed by atoms with Crippen LogP contribution in [0.2, 0.25) is 0 Å². The van der Waals surface area contributed by atoms with Gasteiger partial charge in [0.15, 0.2) is 5.82 Å². The Balaban J connectivity index is 1.70. The number of benzene rings is 2. The first-order valence-electron chi connectivity index (χ1n) is 10.5. The Morgan fingerprint density at radius 3 is 2.55 bits per heavy atom. The Morgan fingerprint density at radius 1 is 1.09 bits per heavy atom. The molecule has 1 aromatic heterocycles. The molecule has 33 heavy (non-hydrogen) atoms. The summed E-state index contributed by atoms with van der Waals surface area (Å²) < 4.78 is 40.0. The van der Waals surface area contributed by atoms with E-state index in [1.54, 1.807) is 18.0 Å². The maximum atomic E-state index is 13.3. The van der Waals surface area contributed by atoms with Crippen LogP contribution < -0.4 is 16.0 Å². The van der Waals surface area contributed by atoms with E-state index in [0.29, 0.717) is 30.2 Å². The molecule has 0 aliphatic carbocycles. The number of hydrogen-bond acceptors (Lipinski definition) is 6. The molecule has 2 aromatic carbocycles. The van der Waals surface area contributed by atoms with E-state index in [1.807, 2.05) is 30.0 Å². The van der Waals surface area contributed by atoms with Crippen molar-refractivity contribution >= 4 is 28.2 Å². The van der Waals surface area contributed by atoms with Gasteiger partial charge in [-0.3, -0.25) is 4.79 Å². The largest absolute Gasteiger partial charge is 0.416 e. The zero-order chi connectivity index (χ0) is 23.9. The lowest BCUT2D eigenvalue weighted by molar-refractivity contribution is -0.138. The van der Waals surface area contributed by atoms with Gasteiger partial charge in [0.1, 0.15) is 6.17 Å². The van der Waals surface area contributed by atoms with Gasteiger partial charge in [-0.05, 0) is 43.2 Å². The van der Waals surface area contributed by atoms with Gasteiger partial charge in [-0.25, -0.2) is 0 Å². The Morgan fingerprint density at radius 2 is 1.85 bits per heavy atom. The molecule has 0 bridgehead atoms. The second kappa shape index (κ2) is 8.51. The average molecular weight is 458 g/mol. The molecule has 2 heterocycles. The van der Waals surface area contributed by atoms with E-state index in [4.69, 9.17) is 5.73 Å². The van der Waals surface area contributed by atoms with Gasteiger partial charge >= 0.3 is 6.18 Å². The summed E-state index contributed by atoms with van der Waals surface area (Å²) >= 11 is 0. The van der Waals surface area contributed by atoms with E-state index in [-0.39, 0.29) is 18.0 Å². The van der Waals surface area contributed by atoms with Crippen molar-refractivity contribution in [2.24, 2.45) is 5.73 Å². The average Bonchev–Trinajstić information content (AvgIpc) is 2.76. The van der Waals surface area contributed by atoms with Crippen LogP contribution in [0.15, 0.2) is 36.4 Å². The predicted molar refractivity (Wildman–Crippen MR) is 121 cm³/mol. The summed E-state index contributed by atoms with van der Waals surface area (Å²) in [6.45, 7) is 4.81. The molecule has 4 rings (SSSR count). The maximum Gasteiger partial charge on any atom is 0.416 e. The number of nitrogens with one attached hydrogen (secondary N) is 1. The Kier molecular flexibility index (Phi) is 5.87. The molecule has 0 spiro atoms. The highest BCUT2D eigenvalue weighted by Crippen LogP contribution is 2.35. The van der Waals surface area contributed by atoms with Gasteiger partial charge in [-0.15, -0.1) is 5.10 Å². The highest BCUT2D eigenvalue weighted by atomic mass is 19.4. The first-order chi connectivity index (χ1) is 15.6. The number of aryl methyl sites for hydroxylation is 1. The molecule has 1 atom stereocenters. The van der Waals surface area contributed by atoms with Gasteiger partial charge in [-0.1, -0.05) is 18.2 Å². The number of carbonyl (C=O) groups excluding carboxylic acids is 1. The number of carbonyl (C=O) groups is 1. The number of rotatable bonds is 4. The molecule has 1 amide bonds. The van der Waals surface area contributed by atoms with Crippen molar-refractivity contribution in [3.63, 3.8) is 0 Å². The number of piperazine rings is 1. The molecule has 1 fully saturated rings. The van der Waals surface area contributed by atoms with E-state index in [2.05, 4.69) is 15.5 Å². The van der Waals surface area contributed by atoms with Crippen LogP contribution in [0.5, 0.6) is 0 Å². The molecule has 1 aliphatic rings. The van der Waals surface area contributed by atoms with Crippen molar-refractivity contribution in [2.45, 2.75) is 26.2 Å². The lowest BCUT2D eigenvalue weighted by Crippen LogP contribution is -2.48. The van der Waals surface area contributed by atoms with Gasteiger partial charge < -0.3 is 20.9 Å². The van der Waals surface area contributed by atoms with Crippen molar-refractivity contribution in [3.05, 3.63) is 58.8 Å². The minimum absolute atomic E-state index is 0.0331. The minimum atomic E-state index is -4.47. The third kappa shape index (κ3) is 4.43. The normalized spacial score (nSPS) is 15.8. The smallest absolute Gasteiger partial charge is 0.360 e. The molecule has 0 unspecified atom stereocenters. The van der Waals surface area contributed by atoms with Crippen LogP contribution in [0, 0.1) is 13.8 Å². The number of aromatic nitrogens is 2. The first kappa shape index (κ1) is 22.8. The summed E-state index contributed by atoms with van der Waals surface area (Å²) in [6.07, 6.45) is -5.40. The monoisotopic (exact) mass is 458 g/mol. The van der Waals surface area contributed by atoms with Gasteiger partial charge in [0.05, 0.1) is 17.8 Å². The van der Waals surface area contributed by atoms with Gasteiger partial charge in [-0.2, -0.15) is 18.3 Å². The molecule has 7 nitrogen and oxygen atoms in total. The lowest BCUT2D eigenvalue weighted by atomic mass is 10.00. The second-order valence-electron chi connectivity index (χ2n) is 8.24. The summed E-state index contributed by atoms with van der Waals surface area (Å²) in [5.41, 5.74) is 7.49. The standard InChI is InChI=1S/C23H25F3N6O/c1-13-16(5-4-6-19(13)23(24,25)26)21(27)28-22-18-11-15(7-8-17(18)14(2)29-30-22)32-10-9-31(3)20(33)12-32/h4-8,11,21H,9-10,12,27H2,1-3H3,(H,28,30)/t21-/m0/s1. The number of anilines is 2. The zero-order valence-electron chi connectivity index (χ0n) is 18.6. The number of alkyl halides is 3. The number of likely N-dealkylation sites (N-methyl/N-ethyl adjacent to an activating group) is 1. The third-order valence-electron chi connectivity index (χ3n) is 6.08. The first-order valence-corrected chi connectivity index (χ1v) is 10.5. The summed E-state index contributed by atoms with van der Waals surface area (Å²) in [6, 6.07) is 9.68. The molecule has 10 heteroatoms. The molecule has 3 aromatic rings. The number of halogens is 3. The van der Waals surface area contributed by atoms with E-state index >= 15 is 0 Å². The number of hydrogen-bond donors (Lipinski definition) is 2. The fourth-order valence-corrected chi connectivity index (χ4v) is 4.08. The van der Waals surface area contributed by atoms with Crippen molar-refractivity contribution < 1.29 is 18.0 Å². The summed E-state index contributed by atoms with van der Waals surface area (Å²) in [7, 11) is 1.78. The van der Waals surface area contributed by atoms with E-state index in [9.17, 15) is 18.0 Å². The summed E-state index contributed by atoms with van der Waals surface area (Å²) in [4.78, 5) is 15.8. The van der Waals surface area contributed by atoms with Gasteiger partial charge in [0.25, 0.3) is 0 Å². The minimum Gasteiger partial charge on any atom is -0.360 e. The van der Waals surface area contributed by atoms with Crippen LogP contribution in [-0.2, 0) is 11.0 Å². The Hall–Kier alpha value is -3.40. The third-order valence-corrected chi connectivity index (χ3v) is 6.08. The van der Waals surface area contributed by atoms with Gasteiger partial charge in [0, 0.05) is 36.6 Å². The summed E-state index contributed by atoms with van der Waals surface area (Å²) in [5, 5.41) is 13.0. The number of fused-ring (bicyclic) bond motifs is 1. The van der Waals surface area contributed by atoms with Crippen molar-refractivity contribution in [1.29, 1.82) is 0 Å². The fourth-order valence-electron chi connectivity index (χ4n) is 4.08. The zero-order valence-corrected chi connectivity index (χ0v) is 18.6. The number of amides is 1. The van der Waals surface area contributed by atoms with Crippen molar-refractivity contribution in [2.75, 3.05) is 36.9 Å². The fraction of sp³-hybridized carbons (Fsp3) is 0.348. The Labute approximate surface area is 189 Å². The van der Waals surface area contributed by atoms with Crippen LogP contribution in [-0.4, -0.2) is 47.7 Å². The molecule has 174 valence electrons. The van der Waals surface area contributed by atoms with Crippen LogP contribution in [0.3, 0.4) is 0 Å². The highest BCUT2D eigenvalue weighted by molar-refractivity contribution is 5.96. The SMILES string of the molecule is Cc1c([C@@H](N)Nc2nnc(C)c3ccc(N4CCN(C)C(=O)C4)cc23)cccc1C(F)(F)F. The molecule has 0 saturated carbocycles. The van der Waals surface area contributed by atoms with Crippen molar-refractivity contribution in [3.8, 4) is 0 Å². The number of nitrogens with two attached hydrogens (primary N) is 1. The molecule has 1 saturated heterocycles. The van der Waals surface area contributed by atoms with Gasteiger partial charge in [0.2, 0.25) is 5.91 Å². The predicted octanol–water partition coefficient (Wildman–Crippen LogP) is 3.61. The molecular formula is C23H25F3N6O. The van der Waals surface area contributed by atoms with Crippen LogP contribution in [0.4, 0.5) is 24.7 Å². The molecule has 0 radical (unpaired) electrons. The van der Waals surface area contributed by atoms with Crippen LogP contribution in [0.25, 0.3) is 10.8 Å². The maximum absolute atomic E-state index is 13.3. The van der Waals surface area contributed by atoms with E-state index in [0.717, 1.165) is 22.5 Å². The highest BCUT2D eigenvalue weighted by Gasteiger charge is 2.33. The van der Waals surface area contributed by atoms with Crippen molar-refractivity contribution in [1.82, 2.24) is 15.1 Å². The summed E-state index contributed by atoms with van der Waals surface area (Å²) in [5.74, 6) is 0.396. The molecule has 1 aliphatic heterocycles. The Bertz CT molecular complexity index is 1210. The van der Waals surface area contributed by atoms with Crippen LogP contribution >= 0.6 is 0 Å². The molecule has 3 N–H and O–H groups in total. The quantitative estimate of drug-likeness (QED) is 0.581. The number of nitrogens with zero attached hydrogens (tertiary/aromatic N) is 4.